The molecule has 0 aromatic heterocycles. The summed E-state index contributed by atoms with van der Waals surface area (Å²) < 4.78 is 89.1. The van der Waals surface area contributed by atoms with Gasteiger partial charge >= 0.3 is 47.8 Å². The average molecular weight is 1820 g/mol. The van der Waals surface area contributed by atoms with Crippen LogP contribution in [0.25, 0.3) is 0 Å². The van der Waals surface area contributed by atoms with Crippen molar-refractivity contribution < 1.29 is 88.5 Å². The molecule has 127 heavy (non-hydrogen) atoms. The van der Waals surface area contributed by atoms with Crippen LogP contribution in [0.2, 0.25) is 0 Å². The van der Waals surface area contributed by atoms with Crippen molar-refractivity contribution >= 4 is 59.5 Å². The molecule has 2 heterocycles. The van der Waals surface area contributed by atoms with Crippen LogP contribution in [0.1, 0.15) is 572 Å². The molecule has 0 radical (unpaired) electrons. The molecule has 0 aromatic carbocycles. The maximum atomic E-state index is 15.2. The van der Waals surface area contributed by atoms with Gasteiger partial charge in [-0.3, -0.25) is 38.4 Å². The zero-order valence-corrected chi connectivity index (χ0v) is 84.2. The molecule has 0 spiro atoms. The van der Waals surface area contributed by atoms with Gasteiger partial charge in [0.05, 0.1) is 2.74 Å². The van der Waals surface area contributed by atoms with E-state index in [9.17, 15) is 21.9 Å². The van der Waals surface area contributed by atoms with Gasteiger partial charge in [-0.2, -0.15) is 0 Å². The van der Waals surface area contributed by atoms with Gasteiger partial charge in [-0.05, 0) is 51.4 Å². The predicted molar refractivity (Wildman–Crippen MR) is 521 cm³/mol. The number of ether oxygens (including phenoxy) is 10. The van der Waals surface area contributed by atoms with Gasteiger partial charge in [0, 0.05) is 51.4 Å². The monoisotopic (exact) mass is 1820 g/mol. The Hall–Kier alpha value is -3.97. The van der Waals surface area contributed by atoms with Crippen molar-refractivity contribution in [2.24, 2.45) is 0 Å². The minimum Gasteiger partial charge on any atom is -0.463 e. The minimum absolute atomic E-state index is 0.0354. The van der Waals surface area contributed by atoms with Crippen LogP contribution in [0.5, 0.6) is 0 Å². The molecular formula is C108H198O18S. The van der Waals surface area contributed by atoms with Crippen LogP contribution in [0.3, 0.4) is 0 Å². The van der Waals surface area contributed by atoms with Crippen LogP contribution in [-0.2, 0) is 85.7 Å². The molecule has 2 fully saturated rings. The predicted octanol–water partition coefficient (Wildman–Crippen LogP) is 31.1. The van der Waals surface area contributed by atoms with Gasteiger partial charge in [-0.1, -0.05) is 478 Å². The summed E-state index contributed by atoms with van der Waals surface area (Å²) in [6, 6.07) is 0. The van der Waals surface area contributed by atoms with E-state index < -0.39 is 121 Å². The summed E-state index contributed by atoms with van der Waals surface area (Å²) in [4.78, 5) is 119. The second-order valence-corrected chi connectivity index (χ2v) is 38.7. The summed E-state index contributed by atoms with van der Waals surface area (Å²) in [6.45, 7) is 16.2. The molecule has 2 aliphatic rings. The fraction of sp³-hybridized carbons (Fsp3) is 0.926. The Bertz CT molecular complexity index is 2530. The number of esters is 8. The van der Waals surface area contributed by atoms with E-state index >= 15 is 19.2 Å². The Kier molecular flexibility index (Phi) is 79.4. The number of carbonyl (C=O) groups excluding carboxylic acids is 8. The summed E-state index contributed by atoms with van der Waals surface area (Å²) in [6.07, 6.45) is 55.1. The molecule has 0 saturated carbocycles. The van der Waals surface area contributed by atoms with Crippen LogP contribution < -0.4 is 0 Å². The smallest absolute Gasteiger partial charge is 0.306 e. The van der Waals surface area contributed by atoms with E-state index in [0.29, 0.717) is 77.0 Å². The Balaban J connectivity index is 3.26. The molecular weight excluding hydrogens is 1620 g/mol. The molecule has 0 unspecified atom stereocenters. The van der Waals surface area contributed by atoms with Gasteiger partial charge in [-0.25, -0.2) is 0 Å². The average Bonchev–Trinajstić information content (AvgIpc) is 0.729. The van der Waals surface area contributed by atoms with Crippen molar-refractivity contribution in [1.29, 1.82) is 0 Å². The molecule has 0 bridgehead atoms. The summed E-state index contributed by atoms with van der Waals surface area (Å²) in [7, 11) is 0. The van der Waals surface area contributed by atoms with Crippen LogP contribution in [0.4, 0.5) is 0 Å². The fourth-order valence-electron chi connectivity index (χ4n) is 17.3. The first-order valence-corrected chi connectivity index (χ1v) is 55.2. The van der Waals surface area contributed by atoms with E-state index in [0.717, 1.165) is 308 Å². The molecule has 744 valence electrons. The van der Waals surface area contributed by atoms with Crippen LogP contribution in [0.15, 0.2) is 0 Å². The molecule has 2 rings (SSSR count). The van der Waals surface area contributed by atoms with Crippen molar-refractivity contribution in [3.05, 3.63) is 0 Å². The summed E-state index contributed by atoms with van der Waals surface area (Å²) in [5.74, 6) is -5.65. The second kappa shape index (κ2) is 87.4. The van der Waals surface area contributed by atoms with E-state index in [1.807, 2.05) is 0 Å². The Morgan fingerprint density at radius 2 is 0.323 bits per heavy atom. The number of rotatable bonds is 92. The lowest BCUT2D eigenvalue weighted by atomic mass is 9.98. The molecule has 18 nitrogen and oxygen atoms in total. The number of hydrogen-bond donors (Lipinski definition) is 0. The first-order valence-electron chi connectivity index (χ1n) is 55.4. The van der Waals surface area contributed by atoms with Gasteiger partial charge in [0.1, 0.15) is 36.2 Å². The SMILES string of the molecule is [2H][C@@]1(S[C@]2([2H])O[C@H](COC(=O)CCCCCCCCCCC)[C@@H](OC(=O)CCCCCCCCCCC)[C@H](OC(=O)CCCCCCCCCCC)[C@H]2OC(=O)CCCCCCCCCCC)O[C@H](COC(=O)CCCCCCCCCCC)[C@@H](OC(=O)CCCCCCCCCCC)[C@H](OC(=O)CCCCCCCCCCC)[C@H]1OC(=O)CCCCCCCCCCC. The largest absolute Gasteiger partial charge is 0.463 e. The number of carbonyl (C=O) groups is 8. The number of hydrogen-bond acceptors (Lipinski definition) is 19. The van der Waals surface area contributed by atoms with Gasteiger partial charge in [0.25, 0.3) is 0 Å². The van der Waals surface area contributed by atoms with E-state index in [2.05, 4.69) is 55.4 Å². The van der Waals surface area contributed by atoms with Crippen molar-refractivity contribution in [2.45, 2.75) is 629 Å². The van der Waals surface area contributed by atoms with Crippen molar-refractivity contribution in [1.82, 2.24) is 0 Å². The molecule has 10 atom stereocenters. The standard InChI is InChI=1S/C108H198O18S/c1-9-17-25-33-41-49-57-65-73-81-93(109)117-89-91-101(121-95(111)83-75-67-59-51-43-35-27-19-11-3)103(123-97(113)85-77-69-61-53-45-37-29-21-13-5)105(125-99(115)87-79-71-63-55-47-39-31-23-15-7)107(119-91)127-108-106(126-100(116)88-80-72-64-56-48-40-32-24-16-8)104(124-98(114)86-78-70-62-54-46-38-30-22-14-6)102(122-96(112)84-76-68-60-52-44-36-28-20-12-4)92(120-108)90-118-94(110)82-74-66-58-50-42-34-26-18-10-2/h91-92,101-108H,9-90H2,1-8H3/t91-,92-,101-,102-,103+,104+,105-,106-,107+,108+/m1/s1/i107D,108D. The quantitative estimate of drug-likeness (QED) is 0.0313. The van der Waals surface area contributed by atoms with Gasteiger partial charge in [0.2, 0.25) is 0 Å². The zero-order chi connectivity index (χ0) is 94.0. The molecule has 2 saturated heterocycles. The lowest BCUT2D eigenvalue weighted by molar-refractivity contribution is -0.245. The van der Waals surface area contributed by atoms with E-state index in [-0.39, 0.29) is 63.1 Å². The minimum atomic E-state index is -2.95. The van der Waals surface area contributed by atoms with Crippen LogP contribution >= 0.6 is 11.8 Å². The maximum Gasteiger partial charge on any atom is 0.306 e. The molecule has 19 heteroatoms. The first kappa shape index (κ1) is 115. The van der Waals surface area contributed by atoms with Crippen molar-refractivity contribution in [3.63, 3.8) is 0 Å². The van der Waals surface area contributed by atoms with Crippen LogP contribution in [-0.4, -0.2) is 121 Å². The number of thioether (sulfide) groups is 1. The number of unbranched alkanes of at least 4 members (excludes halogenated alkanes) is 64. The van der Waals surface area contributed by atoms with Crippen molar-refractivity contribution in [2.75, 3.05) is 13.2 Å². The molecule has 0 aromatic rings. The lowest BCUT2D eigenvalue weighted by Gasteiger charge is -2.48. The highest BCUT2D eigenvalue weighted by atomic mass is 32.2. The van der Waals surface area contributed by atoms with E-state index in [4.69, 9.17) is 47.4 Å². The van der Waals surface area contributed by atoms with Gasteiger partial charge in [-0.15, -0.1) is 0 Å². The zero-order valence-electron chi connectivity index (χ0n) is 85.4. The molecule has 0 aliphatic carbocycles. The van der Waals surface area contributed by atoms with Gasteiger partial charge in [0.15, 0.2) is 36.6 Å². The van der Waals surface area contributed by atoms with Crippen molar-refractivity contribution in [3.8, 4) is 0 Å². The Labute approximate surface area is 785 Å². The highest BCUT2D eigenvalue weighted by molar-refractivity contribution is 8.00. The topological polar surface area (TPSA) is 229 Å². The third kappa shape index (κ3) is 67.0. The summed E-state index contributed by atoms with van der Waals surface area (Å²) in [5.41, 5.74) is -5.90. The summed E-state index contributed by atoms with van der Waals surface area (Å²) in [5, 5.41) is 0. The highest BCUT2D eigenvalue weighted by Gasteiger charge is 2.58. The first-order chi connectivity index (χ1) is 62.9. The van der Waals surface area contributed by atoms with Gasteiger partial charge < -0.3 is 47.4 Å². The van der Waals surface area contributed by atoms with E-state index in [1.165, 1.54) is 77.0 Å². The third-order valence-corrected chi connectivity index (χ3v) is 26.5. The van der Waals surface area contributed by atoms with Crippen LogP contribution in [0, 0.1) is 0 Å². The second-order valence-electron chi connectivity index (χ2n) is 37.7. The Morgan fingerprint density at radius 1 is 0.189 bits per heavy atom. The Morgan fingerprint density at radius 3 is 0.488 bits per heavy atom. The summed E-state index contributed by atoms with van der Waals surface area (Å²) >= 11 is 0.279. The molecule has 0 amide bonds. The fourth-order valence-corrected chi connectivity index (χ4v) is 18.4. The highest BCUT2D eigenvalue weighted by Crippen LogP contribution is 2.43. The normalized spacial score (nSPS) is 20.1. The maximum absolute atomic E-state index is 15.2. The third-order valence-electron chi connectivity index (χ3n) is 25.5. The lowest BCUT2D eigenvalue weighted by Crippen LogP contribution is -2.64. The molecule has 0 N–H and O–H groups in total. The van der Waals surface area contributed by atoms with E-state index in [1.54, 1.807) is 0 Å². The molecule has 2 aliphatic heterocycles.